The molecule has 198 valence electrons. The molecule has 5 N–H and O–H groups in total. The second-order valence-corrected chi connectivity index (χ2v) is 8.03. The number of ether oxygens (including phenoxy) is 1. The minimum atomic E-state index is 0. The van der Waals surface area contributed by atoms with Crippen molar-refractivity contribution in [2.75, 3.05) is 18.5 Å². The van der Waals surface area contributed by atoms with E-state index < -0.39 is 0 Å². The first-order valence-electron chi connectivity index (χ1n) is 11.8. The number of nitrogens with one attached hydrogen (secondary N) is 1. The second kappa shape index (κ2) is 14.5. The number of nitrogens with two attached hydrogens (primary N) is 2. The number of rotatable bonds is 12. The van der Waals surface area contributed by atoms with Gasteiger partial charge in [-0.3, -0.25) is 4.98 Å². The third-order valence-corrected chi connectivity index (χ3v) is 5.42. The van der Waals surface area contributed by atoms with Crippen molar-refractivity contribution in [2.45, 2.75) is 40.8 Å². The molecule has 0 atom stereocenters. The van der Waals surface area contributed by atoms with Crippen LogP contribution < -0.4 is 21.5 Å². The van der Waals surface area contributed by atoms with Crippen LogP contribution >= 0.6 is 12.4 Å². The lowest BCUT2D eigenvalue weighted by molar-refractivity contribution is 0.158. The first-order valence-corrected chi connectivity index (χ1v) is 11.8. The van der Waals surface area contributed by atoms with Crippen molar-refractivity contribution < 1.29 is 14.4 Å². The van der Waals surface area contributed by atoms with Crippen molar-refractivity contribution in [3.8, 4) is 5.75 Å². The highest BCUT2D eigenvalue weighted by Crippen LogP contribution is 2.26. The lowest BCUT2D eigenvalue weighted by Gasteiger charge is -2.16. The van der Waals surface area contributed by atoms with Gasteiger partial charge in [-0.15, -0.1) is 12.4 Å². The van der Waals surface area contributed by atoms with E-state index in [0.29, 0.717) is 38.0 Å². The van der Waals surface area contributed by atoms with Gasteiger partial charge in [-0.1, -0.05) is 28.5 Å². The number of benzene rings is 2. The minimum absolute atomic E-state index is 0. The molecule has 0 spiro atoms. The van der Waals surface area contributed by atoms with Gasteiger partial charge in [0.1, 0.15) is 25.6 Å². The molecule has 0 radical (unpaired) electrons. The molecular weight excluding hydrogens is 492 g/mol. The maximum absolute atomic E-state index is 6.20. The molecule has 2 aromatic carbocycles. The summed E-state index contributed by atoms with van der Waals surface area (Å²) in [5.74, 6) is 1.45. The molecule has 3 aromatic rings. The molecule has 1 heterocycles. The summed E-state index contributed by atoms with van der Waals surface area (Å²) in [5, 5.41) is 11.2. The monoisotopic (exact) mass is 526 g/mol. The van der Waals surface area contributed by atoms with Crippen LogP contribution in [-0.2, 0) is 22.8 Å². The number of hydrogen-bond acceptors (Lipinski definition) is 7. The van der Waals surface area contributed by atoms with Crippen molar-refractivity contribution >= 4 is 29.8 Å². The van der Waals surface area contributed by atoms with Crippen molar-refractivity contribution in [1.29, 1.82) is 0 Å². The van der Waals surface area contributed by atoms with Gasteiger partial charge < -0.3 is 31.2 Å². The molecule has 37 heavy (non-hydrogen) atoms. The molecule has 0 saturated carbocycles. The maximum atomic E-state index is 6.20. The summed E-state index contributed by atoms with van der Waals surface area (Å²) >= 11 is 0. The fourth-order valence-corrected chi connectivity index (χ4v) is 3.44. The molecule has 3 rings (SSSR count). The Hall–Kier alpha value is -3.98. The van der Waals surface area contributed by atoms with Crippen molar-refractivity contribution in [2.24, 2.45) is 21.8 Å². The number of nitrogens with zero attached hydrogens (tertiary/aromatic N) is 3. The van der Waals surface area contributed by atoms with Gasteiger partial charge in [0.25, 0.3) is 0 Å². The summed E-state index contributed by atoms with van der Waals surface area (Å²) in [7, 11) is 0. The molecule has 9 nitrogen and oxygen atoms in total. The molecule has 0 fully saturated rings. The Labute approximate surface area is 224 Å². The van der Waals surface area contributed by atoms with Gasteiger partial charge >= 0.3 is 0 Å². The van der Waals surface area contributed by atoms with E-state index in [1.54, 1.807) is 0 Å². The summed E-state index contributed by atoms with van der Waals surface area (Å²) in [6.07, 6.45) is 1.87. The predicted octanol–water partition coefficient (Wildman–Crippen LogP) is 4.62. The van der Waals surface area contributed by atoms with Gasteiger partial charge in [0.05, 0.1) is 5.69 Å². The van der Waals surface area contributed by atoms with Gasteiger partial charge in [-0.2, -0.15) is 0 Å². The maximum Gasteiger partial charge on any atom is 0.170 e. The van der Waals surface area contributed by atoms with E-state index in [2.05, 4.69) is 20.6 Å². The molecule has 0 amide bonds. The van der Waals surface area contributed by atoms with Crippen molar-refractivity contribution in [3.05, 3.63) is 88.2 Å². The molecule has 0 aliphatic rings. The predicted molar refractivity (Wildman–Crippen MR) is 150 cm³/mol. The molecule has 0 bridgehead atoms. The average molecular weight is 527 g/mol. The molecule has 0 saturated heterocycles. The number of anilines is 1. The van der Waals surface area contributed by atoms with E-state index >= 15 is 0 Å². The molecule has 0 aliphatic heterocycles. The van der Waals surface area contributed by atoms with E-state index in [1.165, 1.54) is 0 Å². The van der Waals surface area contributed by atoms with Gasteiger partial charge in [0.2, 0.25) is 0 Å². The van der Waals surface area contributed by atoms with Crippen LogP contribution in [0.4, 0.5) is 5.69 Å². The van der Waals surface area contributed by atoms with E-state index in [-0.39, 0.29) is 12.4 Å². The quantitative estimate of drug-likeness (QED) is 0.178. The Morgan fingerprint density at radius 3 is 2.22 bits per heavy atom. The second-order valence-electron chi connectivity index (χ2n) is 8.03. The standard InChI is InChI=1S/C27H34N6O3.ClH/c1-5-35-32-26(28)21-10-12-24(13-11-21)31-16-23-15-30-19(4)25(18(23)3)34-17-20-8-7-9-22(14-20)27(29)33-36-6-2;/h7-15,31H,5-6,16-17H2,1-4H3,(H2,28,32)(H2,29,33);1H. The number of aromatic nitrogens is 1. The molecule has 1 aromatic heterocycles. The van der Waals surface area contributed by atoms with Gasteiger partial charge in [0.15, 0.2) is 11.7 Å². The third-order valence-electron chi connectivity index (χ3n) is 5.42. The zero-order chi connectivity index (χ0) is 25.9. The van der Waals surface area contributed by atoms with E-state index in [1.807, 2.05) is 82.4 Å². The zero-order valence-corrected chi connectivity index (χ0v) is 22.5. The lowest BCUT2D eigenvalue weighted by atomic mass is 10.1. The summed E-state index contributed by atoms with van der Waals surface area (Å²) in [5.41, 5.74) is 18.3. The fourth-order valence-electron chi connectivity index (χ4n) is 3.44. The number of hydrogen-bond donors (Lipinski definition) is 3. The number of aryl methyl sites for hydroxylation is 1. The van der Waals surface area contributed by atoms with Crippen LogP contribution in [0.5, 0.6) is 5.75 Å². The number of halogens is 1. The highest BCUT2D eigenvalue weighted by atomic mass is 35.5. The Morgan fingerprint density at radius 2 is 1.57 bits per heavy atom. The average Bonchev–Trinajstić information content (AvgIpc) is 2.90. The molecule has 0 unspecified atom stereocenters. The van der Waals surface area contributed by atoms with Crippen molar-refractivity contribution in [3.63, 3.8) is 0 Å². The molecule has 10 heteroatoms. The van der Waals surface area contributed by atoms with Gasteiger partial charge in [-0.25, -0.2) is 0 Å². The zero-order valence-electron chi connectivity index (χ0n) is 21.7. The van der Waals surface area contributed by atoms with Crippen LogP contribution in [-0.4, -0.2) is 29.9 Å². The Balaban J connectivity index is 0.00000481. The SMILES string of the molecule is CCO/N=C(\N)c1ccc(NCc2cnc(C)c(OCc3cccc(/C(N)=N/OCC)c3)c2C)cc1.Cl. The number of pyridine rings is 1. The topological polar surface area (TPSA) is 129 Å². The Morgan fingerprint density at radius 1 is 0.919 bits per heavy atom. The highest BCUT2D eigenvalue weighted by molar-refractivity contribution is 5.97. The van der Waals surface area contributed by atoms with Crippen LogP contribution in [0.25, 0.3) is 0 Å². The van der Waals surface area contributed by atoms with E-state index in [9.17, 15) is 0 Å². The van der Waals surface area contributed by atoms with Crippen molar-refractivity contribution in [1.82, 2.24) is 4.98 Å². The van der Waals surface area contributed by atoms with Crippen LogP contribution in [0.2, 0.25) is 0 Å². The van der Waals surface area contributed by atoms with E-state index in [4.69, 9.17) is 25.9 Å². The van der Waals surface area contributed by atoms with Crippen LogP contribution in [0, 0.1) is 13.8 Å². The largest absolute Gasteiger partial charge is 0.487 e. The Kier molecular flexibility index (Phi) is 11.5. The number of oxime groups is 2. The Bertz CT molecular complexity index is 1220. The number of amidine groups is 2. The highest BCUT2D eigenvalue weighted by Gasteiger charge is 2.11. The first kappa shape index (κ1) is 29.3. The molecular formula is C27H35ClN6O3. The fraction of sp³-hybridized carbons (Fsp3) is 0.296. The lowest BCUT2D eigenvalue weighted by Crippen LogP contribution is -2.14. The summed E-state index contributed by atoms with van der Waals surface area (Å²) in [6, 6.07) is 15.4. The van der Waals surface area contributed by atoms with Crippen LogP contribution in [0.1, 0.15) is 47.4 Å². The molecule has 0 aliphatic carbocycles. The summed E-state index contributed by atoms with van der Waals surface area (Å²) in [6.45, 7) is 9.60. The summed E-state index contributed by atoms with van der Waals surface area (Å²) < 4.78 is 6.20. The van der Waals surface area contributed by atoms with Gasteiger partial charge in [0, 0.05) is 29.6 Å². The summed E-state index contributed by atoms with van der Waals surface area (Å²) in [4.78, 5) is 14.6. The van der Waals surface area contributed by atoms with Gasteiger partial charge in [-0.05, 0) is 74.7 Å². The first-order chi connectivity index (χ1) is 17.4. The van der Waals surface area contributed by atoms with Crippen LogP contribution in [0.15, 0.2) is 65.0 Å². The van der Waals surface area contributed by atoms with Crippen LogP contribution in [0.3, 0.4) is 0 Å². The smallest absolute Gasteiger partial charge is 0.170 e. The minimum Gasteiger partial charge on any atom is -0.487 e. The van der Waals surface area contributed by atoms with E-state index in [0.717, 1.165) is 44.9 Å². The normalized spacial score (nSPS) is 11.5. The third kappa shape index (κ3) is 8.28.